The maximum Gasteiger partial charge on any atom is 0.260 e. The monoisotopic (exact) mass is 278 g/mol. The Balaban J connectivity index is 2.48. The van der Waals surface area contributed by atoms with Crippen LogP contribution in [0.25, 0.3) is 0 Å². The number of hydrogen-bond donors (Lipinski definition) is 2. The first-order valence-corrected chi connectivity index (χ1v) is 7.27. The van der Waals surface area contributed by atoms with E-state index in [1.165, 1.54) is 5.56 Å². The molecule has 20 heavy (non-hydrogen) atoms. The van der Waals surface area contributed by atoms with Crippen LogP contribution < -0.4 is 15.4 Å². The summed E-state index contributed by atoms with van der Waals surface area (Å²) in [6.07, 6.45) is 1.56. The van der Waals surface area contributed by atoms with E-state index in [0.717, 1.165) is 25.1 Å². The summed E-state index contributed by atoms with van der Waals surface area (Å²) >= 11 is 0. The maximum atomic E-state index is 12.0. The van der Waals surface area contributed by atoms with E-state index in [1.807, 2.05) is 38.2 Å². The molecule has 0 heterocycles. The van der Waals surface area contributed by atoms with Gasteiger partial charge in [0, 0.05) is 12.6 Å². The van der Waals surface area contributed by atoms with Gasteiger partial charge in [-0.2, -0.15) is 0 Å². The fourth-order valence-corrected chi connectivity index (χ4v) is 2.01. The van der Waals surface area contributed by atoms with Crippen LogP contribution in [0.5, 0.6) is 5.75 Å². The van der Waals surface area contributed by atoms with Gasteiger partial charge in [-0.05, 0) is 45.0 Å². The van der Waals surface area contributed by atoms with E-state index < -0.39 is 6.10 Å². The molecule has 0 aliphatic heterocycles. The summed E-state index contributed by atoms with van der Waals surface area (Å²) in [5, 5.41) is 6.05. The van der Waals surface area contributed by atoms with Crippen molar-refractivity contribution in [3.63, 3.8) is 0 Å². The second-order valence-corrected chi connectivity index (χ2v) is 5.13. The normalized spacial score (nSPS) is 13.6. The molecule has 0 spiro atoms. The zero-order valence-corrected chi connectivity index (χ0v) is 12.9. The minimum atomic E-state index is -0.482. The predicted molar refractivity (Wildman–Crippen MR) is 81.8 cm³/mol. The third kappa shape index (κ3) is 5.61. The molecule has 4 nitrogen and oxygen atoms in total. The highest BCUT2D eigenvalue weighted by Crippen LogP contribution is 2.14. The summed E-state index contributed by atoms with van der Waals surface area (Å²) in [6.45, 7) is 6.72. The number of benzene rings is 1. The summed E-state index contributed by atoms with van der Waals surface area (Å²) < 4.78 is 5.66. The minimum absolute atomic E-state index is 0.0646. The molecule has 0 aliphatic rings. The largest absolute Gasteiger partial charge is 0.481 e. The Bertz CT molecular complexity index is 403. The molecule has 0 aliphatic carbocycles. The summed E-state index contributed by atoms with van der Waals surface area (Å²) in [4.78, 5) is 12.0. The third-order valence-corrected chi connectivity index (χ3v) is 3.10. The molecule has 1 aromatic rings. The molecule has 0 fully saturated rings. The molecule has 0 bridgehead atoms. The standard InChI is InChI=1S/C16H26N2O2/c1-5-6-12(2)18-16(19)13(3)20-15-9-7-14(8-10-15)11-17-4/h7-10,12-13,17H,5-6,11H2,1-4H3,(H,18,19). The Morgan fingerprint density at radius 2 is 1.90 bits per heavy atom. The lowest BCUT2D eigenvalue weighted by molar-refractivity contribution is -0.127. The van der Waals surface area contributed by atoms with Gasteiger partial charge in [0.1, 0.15) is 5.75 Å². The number of ether oxygens (including phenoxy) is 1. The van der Waals surface area contributed by atoms with Crippen LogP contribution in [0.2, 0.25) is 0 Å². The molecule has 1 aromatic carbocycles. The fraction of sp³-hybridized carbons (Fsp3) is 0.562. The number of hydrogen-bond acceptors (Lipinski definition) is 3. The number of rotatable bonds is 8. The Labute approximate surface area is 121 Å². The van der Waals surface area contributed by atoms with Crippen molar-refractivity contribution in [2.75, 3.05) is 7.05 Å². The predicted octanol–water partition coefficient (Wildman–Crippen LogP) is 2.48. The number of amides is 1. The molecule has 2 unspecified atom stereocenters. The van der Waals surface area contributed by atoms with E-state index in [0.29, 0.717) is 0 Å². The van der Waals surface area contributed by atoms with Crippen LogP contribution in [0.3, 0.4) is 0 Å². The van der Waals surface area contributed by atoms with Gasteiger partial charge in [-0.1, -0.05) is 25.5 Å². The van der Waals surface area contributed by atoms with Crippen LogP contribution in [-0.2, 0) is 11.3 Å². The topological polar surface area (TPSA) is 50.4 Å². The van der Waals surface area contributed by atoms with Gasteiger partial charge in [0.25, 0.3) is 5.91 Å². The molecule has 0 saturated carbocycles. The number of carbonyl (C=O) groups is 1. The molecule has 112 valence electrons. The Kier molecular flexibility index (Phi) is 7.09. The second-order valence-electron chi connectivity index (χ2n) is 5.13. The van der Waals surface area contributed by atoms with Crippen LogP contribution in [0.4, 0.5) is 0 Å². The van der Waals surface area contributed by atoms with Gasteiger partial charge in [-0.25, -0.2) is 0 Å². The zero-order chi connectivity index (χ0) is 15.0. The highest BCUT2D eigenvalue weighted by atomic mass is 16.5. The molecule has 4 heteroatoms. The first-order chi connectivity index (χ1) is 9.56. The van der Waals surface area contributed by atoms with Crippen LogP contribution >= 0.6 is 0 Å². The van der Waals surface area contributed by atoms with Crippen molar-refractivity contribution in [3.05, 3.63) is 29.8 Å². The molecule has 0 aromatic heterocycles. The van der Waals surface area contributed by atoms with Crippen molar-refractivity contribution in [1.82, 2.24) is 10.6 Å². The Morgan fingerprint density at radius 3 is 2.45 bits per heavy atom. The maximum absolute atomic E-state index is 12.0. The van der Waals surface area contributed by atoms with Crippen molar-refractivity contribution in [2.45, 2.75) is 52.3 Å². The van der Waals surface area contributed by atoms with Gasteiger partial charge in [0.2, 0.25) is 0 Å². The molecular formula is C16H26N2O2. The minimum Gasteiger partial charge on any atom is -0.481 e. The first kappa shape index (κ1) is 16.5. The SMILES string of the molecule is CCCC(C)NC(=O)C(C)Oc1ccc(CNC)cc1. The summed E-state index contributed by atoms with van der Waals surface area (Å²) in [6, 6.07) is 7.97. The van der Waals surface area contributed by atoms with Crippen LogP contribution in [-0.4, -0.2) is 25.1 Å². The number of nitrogens with one attached hydrogen (secondary N) is 2. The lowest BCUT2D eigenvalue weighted by Gasteiger charge is -2.18. The summed E-state index contributed by atoms with van der Waals surface area (Å²) in [5.74, 6) is 0.654. The fourth-order valence-electron chi connectivity index (χ4n) is 2.01. The average Bonchev–Trinajstić information content (AvgIpc) is 2.41. The zero-order valence-electron chi connectivity index (χ0n) is 12.9. The van der Waals surface area contributed by atoms with Crippen LogP contribution in [0.1, 0.15) is 39.2 Å². The smallest absolute Gasteiger partial charge is 0.260 e. The lowest BCUT2D eigenvalue weighted by atomic mass is 10.2. The summed E-state index contributed by atoms with van der Waals surface area (Å²) in [7, 11) is 1.91. The van der Waals surface area contributed by atoms with Gasteiger partial charge >= 0.3 is 0 Å². The van der Waals surface area contributed by atoms with Gasteiger partial charge in [0.05, 0.1) is 0 Å². The average molecular weight is 278 g/mol. The third-order valence-electron chi connectivity index (χ3n) is 3.10. The van der Waals surface area contributed by atoms with E-state index in [1.54, 1.807) is 6.92 Å². The highest BCUT2D eigenvalue weighted by molar-refractivity contribution is 5.80. The molecular weight excluding hydrogens is 252 g/mol. The van der Waals surface area contributed by atoms with Crippen molar-refractivity contribution in [3.8, 4) is 5.75 Å². The molecule has 2 N–H and O–H groups in total. The van der Waals surface area contributed by atoms with Crippen LogP contribution in [0.15, 0.2) is 24.3 Å². The highest BCUT2D eigenvalue weighted by Gasteiger charge is 2.16. The van der Waals surface area contributed by atoms with E-state index in [4.69, 9.17) is 4.74 Å². The molecule has 0 radical (unpaired) electrons. The van der Waals surface area contributed by atoms with Crippen molar-refractivity contribution in [1.29, 1.82) is 0 Å². The molecule has 0 saturated heterocycles. The molecule has 2 atom stereocenters. The van der Waals surface area contributed by atoms with Gasteiger partial charge in [0.15, 0.2) is 6.10 Å². The van der Waals surface area contributed by atoms with Crippen molar-refractivity contribution in [2.24, 2.45) is 0 Å². The van der Waals surface area contributed by atoms with E-state index in [2.05, 4.69) is 17.6 Å². The second kappa shape index (κ2) is 8.59. The quantitative estimate of drug-likeness (QED) is 0.768. The number of carbonyl (C=O) groups excluding carboxylic acids is 1. The van der Waals surface area contributed by atoms with Crippen molar-refractivity contribution < 1.29 is 9.53 Å². The first-order valence-electron chi connectivity index (χ1n) is 7.27. The Morgan fingerprint density at radius 1 is 1.25 bits per heavy atom. The lowest BCUT2D eigenvalue weighted by Crippen LogP contribution is -2.41. The van der Waals surface area contributed by atoms with E-state index in [-0.39, 0.29) is 11.9 Å². The van der Waals surface area contributed by atoms with Crippen LogP contribution in [0, 0.1) is 0 Å². The van der Waals surface area contributed by atoms with Gasteiger partial charge in [-0.3, -0.25) is 4.79 Å². The van der Waals surface area contributed by atoms with Gasteiger partial charge < -0.3 is 15.4 Å². The Hall–Kier alpha value is -1.55. The molecule has 1 amide bonds. The summed E-state index contributed by atoms with van der Waals surface area (Å²) in [5.41, 5.74) is 1.19. The molecule has 1 rings (SSSR count). The van der Waals surface area contributed by atoms with Gasteiger partial charge in [-0.15, -0.1) is 0 Å². The van der Waals surface area contributed by atoms with E-state index >= 15 is 0 Å². The van der Waals surface area contributed by atoms with Crippen molar-refractivity contribution >= 4 is 5.91 Å². The van der Waals surface area contributed by atoms with E-state index in [9.17, 15) is 4.79 Å².